The van der Waals surface area contributed by atoms with Gasteiger partial charge in [0.05, 0.1) is 18.4 Å². The largest absolute Gasteiger partial charge is 0.465 e. The molecule has 0 spiro atoms. The Hall–Kier alpha value is -2.33. The molecule has 1 aliphatic heterocycles. The monoisotopic (exact) mass is 310 g/mol. The van der Waals surface area contributed by atoms with Gasteiger partial charge < -0.3 is 15.0 Å². The number of nitrogens with one attached hydrogen (secondary N) is 1. The van der Waals surface area contributed by atoms with Crippen molar-refractivity contribution in [3.8, 4) is 0 Å². The quantitative estimate of drug-likeness (QED) is 0.881. The lowest BCUT2D eigenvalue weighted by Crippen LogP contribution is -2.52. The minimum atomic E-state index is -0.279. The van der Waals surface area contributed by atoms with E-state index in [-0.39, 0.29) is 5.97 Å². The van der Waals surface area contributed by atoms with Crippen LogP contribution in [0.1, 0.15) is 15.9 Å². The highest BCUT2D eigenvalue weighted by Crippen LogP contribution is 2.23. The van der Waals surface area contributed by atoms with Gasteiger partial charge in [-0.1, -0.05) is 42.5 Å². The van der Waals surface area contributed by atoms with Gasteiger partial charge in [0.1, 0.15) is 0 Å². The third-order valence-electron chi connectivity index (χ3n) is 4.23. The normalized spacial score (nSPS) is 17.8. The van der Waals surface area contributed by atoms with Crippen molar-refractivity contribution < 1.29 is 9.53 Å². The highest BCUT2D eigenvalue weighted by atomic mass is 16.5. The van der Waals surface area contributed by atoms with Gasteiger partial charge in [0.15, 0.2) is 0 Å². The standard InChI is InChI=1S/C19H22N2O2/c1-23-19(22)17-9-5-6-10-18(17)21-12-11-20-16(14-21)13-15-7-3-2-4-8-15/h2-10,16,20H,11-14H2,1H3. The first-order chi connectivity index (χ1) is 11.3. The van der Waals surface area contributed by atoms with Crippen LogP contribution in [0.2, 0.25) is 0 Å². The van der Waals surface area contributed by atoms with E-state index in [0.29, 0.717) is 11.6 Å². The summed E-state index contributed by atoms with van der Waals surface area (Å²) in [5.41, 5.74) is 2.92. The minimum Gasteiger partial charge on any atom is -0.465 e. The fourth-order valence-corrected chi connectivity index (χ4v) is 3.11. The molecule has 1 fully saturated rings. The smallest absolute Gasteiger partial charge is 0.339 e. The molecule has 0 aromatic heterocycles. The number of benzene rings is 2. The molecule has 2 aromatic carbocycles. The van der Waals surface area contributed by atoms with Gasteiger partial charge in [0.2, 0.25) is 0 Å². The van der Waals surface area contributed by atoms with E-state index in [4.69, 9.17) is 4.74 Å². The number of methoxy groups -OCH3 is 1. The Morgan fingerprint density at radius 2 is 1.91 bits per heavy atom. The minimum absolute atomic E-state index is 0.279. The summed E-state index contributed by atoms with van der Waals surface area (Å²) in [6, 6.07) is 18.5. The number of carbonyl (C=O) groups is 1. The van der Waals surface area contributed by atoms with E-state index >= 15 is 0 Å². The average molecular weight is 310 g/mol. The fourth-order valence-electron chi connectivity index (χ4n) is 3.11. The number of anilines is 1. The van der Waals surface area contributed by atoms with Crippen molar-refractivity contribution in [3.05, 3.63) is 65.7 Å². The van der Waals surface area contributed by atoms with Crippen LogP contribution < -0.4 is 10.2 Å². The molecule has 4 nitrogen and oxygen atoms in total. The number of para-hydroxylation sites is 1. The zero-order valence-electron chi connectivity index (χ0n) is 13.4. The SMILES string of the molecule is COC(=O)c1ccccc1N1CCNC(Cc2ccccc2)C1. The van der Waals surface area contributed by atoms with Crippen LogP contribution in [0.25, 0.3) is 0 Å². The Bertz CT molecular complexity index is 657. The molecule has 1 atom stereocenters. The molecular formula is C19H22N2O2. The second kappa shape index (κ2) is 7.29. The van der Waals surface area contributed by atoms with E-state index in [2.05, 4.69) is 34.5 Å². The van der Waals surface area contributed by atoms with E-state index in [1.54, 1.807) is 0 Å². The number of rotatable bonds is 4. The molecule has 3 rings (SSSR count). The van der Waals surface area contributed by atoms with Crippen molar-refractivity contribution >= 4 is 11.7 Å². The number of ether oxygens (including phenoxy) is 1. The van der Waals surface area contributed by atoms with Crippen LogP contribution in [-0.2, 0) is 11.2 Å². The Morgan fingerprint density at radius 1 is 1.17 bits per heavy atom. The van der Waals surface area contributed by atoms with E-state index in [0.717, 1.165) is 31.7 Å². The van der Waals surface area contributed by atoms with Gasteiger partial charge in [-0.05, 0) is 24.1 Å². The summed E-state index contributed by atoms with van der Waals surface area (Å²) < 4.78 is 4.91. The van der Waals surface area contributed by atoms with Crippen molar-refractivity contribution in [1.82, 2.24) is 5.32 Å². The summed E-state index contributed by atoms with van der Waals surface area (Å²) in [6.07, 6.45) is 0.984. The summed E-state index contributed by atoms with van der Waals surface area (Å²) in [5.74, 6) is -0.279. The molecule has 0 aliphatic carbocycles. The first kappa shape index (κ1) is 15.6. The molecule has 0 bridgehead atoms. The van der Waals surface area contributed by atoms with Crippen LogP contribution in [0.15, 0.2) is 54.6 Å². The molecular weight excluding hydrogens is 288 g/mol. The number of nitrogens with zero attached hydrogens (tertiary/aromatic N) is 1. The van der Waals surface area contributed by atoms with E-state index < -0.39 is 0 Å². The van der Waals surface area contributed by atoms with Crippen molar-refractivity contribution in [3.63, 3.8) is 0 Å². The molecule has 1 aliphatic rings. The third-order valence-corrected chi connectivity index (χ3v) is 4.23. The van der Waals surface area contributed by atoms with Gasteiger partial charge in [-0.3, -0.25) is 0 Å². The number of hydrogen-bond donors (Lipinski definition) is 1. The summed E-state index contributed by atoms with van der Waals surface area (Å²) in [4.78, 5) is 14.3. The maximum absolute atomic E-state index is 12.0. The Balaban J connectivity index is 1.75. The molecule has 0 saturated carbocycles. The van der Waals surface area contributed by atoms with Crippen molar-refractivity contribution in [2.24, 2.45) is 0 Å². The van der Waals surface area contributed by atoms with Crippen molar-refractivity contribution in [2.75, 3.05) is 31.6 Å². The number of carbonyl (C=O) groups excluding carboxylic acids is 1. The van der Waals surface area contributed by atoms with Crippen LogP contribution in [0, 0.1) is 0 Å². The first-order valence-corrected chi connectivity index (χ1v) is 7.97. The van der Waals surface area contributed by atoms with Crippen LogP contribution in [0.4, 0.5) is 5.69 Å². The van der Waals surface area contributed by atoms with Gasteiger partial charge >= 0.3 is 5.97 Å². The Kier molecular flexibility index (Phi) is 4.93. The second-order valence-corrected chi connectivity index (χ2v) is 5.80. The molecule has 23 heavy (non-hydrogen) atoms. The number of hydrogen-bond acceptors (Lipinski definition) is 4. The summed E-state index contributed by atoms with van der Waals surface area (Å²) in [7, 11) is 1.43. The Morgan fingerprint density at radius 3 is 2.70 bits per heavy atom. The highest BCUT2D eigenvalue weighted by Gasteiger charge is 2.23. The van der Waals surface area contributed by atoms with Gasteiger partial charge in [-0.2, -0.15) is 0 Å². The average Bonchev–Trinajstić information content (AvgIpc) is 2.62. The van der Waals surface area contributed by atoms with Crippen molar-refractivity contribution in [1.29, 1.82) is 0 Å². The number of piperazine rings is 1. The molecule has 2 aromatic rings. The zero-order valence-corrected chi connectivity index (χ0v) is 13.4. The van der Waals surface area contributed by atoms with Crippen molar-refractivity contribution in [2.45, 2.75) is 12.5 Å². The zero-order chi connectivity index (χ0) is 16.1. The maximum Gasteiger partial charge on any atom is 0.339 e. The highest BCUT2D eigenvalue weighted by molar-refractivity contribution is 5.95. The molecule has 1 saturated heterocycles. The predicted octanol–water partition coefficient (Wildman–Crippen LogP) is 2.49. The summed E-state index contributed by atoms with van der Waals surface area (Å²) in [5, 5.41) is 3.57. The van der Waals surface area contributed by atoms with Crippen LogP contribution in [-0.4, -0.2) is 38.8 Å². The number of esters is 1. The molecule has 120 valence electrons. The molecule has 1 N–H and O–H groups in total. The van der Waals surface area contributed by atoms with Gasteiger partial charge in [0, 0.05) is 25.7 Å². The molecule has 1 unspecified atom stereocenters. The molecule has 1 heterocycles. The third kappa shape index (κ3) is 3.71. The van der Waals surface area contributed by atoms with Gasteiger partial charge in [-0.25, -0.2) is 4.79 Å². The predicted molar refractivity (Wildman–Crippen MR) is 91.9 cm³/mol. The summed E-state index contributed by atoms with van der Waals surface area (Å²) in [6.45, 7) is 2.68. The Labute approximate surface area is 137 Å². The fraction of sp³-hybridized carbons (Fsp3) is 0.316. The van der Waals surface area contributed by atoms with E-state index in [1.807, 2.05) is 30.3 Å². The second-order valence-electron chi connectivity index (χ2n) is 5.80. The lowest BCUT2D eigenvalue weighted by atomic mass is 10.0. The first-order valence-electron chi connectivity index (χ1n) is 7.97. The summed E-state index contributed by atoms with van der Waals surface area (Å²) >= 11 is 0. The van der Waals surface area contributed by atoms with Crippen LogP contribution >= 0.6 is 0 Å². The molecule has 4 heteroatoms. The topological polar surface area (TPSA) is 41.6 Å². The van der Waals surface area contributed by atoms with Gasteiger partial charge in [-0.15, -0.1) is 0 Å². The van der Waals surface area contributed by atoms with E-state index in [9.17, 15) is 4.79 Å². The molecule has 0 amide bonds. The van der Waals surface area contributed by atoms with Crippen LogP contribution in [0.3, 0.4) is 0 Å². The van der Waals surface area contributed by atoms with Gasteiger partial charge in [0.25, 0.3) is 0 Å². The van der Waals surface area contributed by atoms with Crippen LogP contribution in [0.5, 0.6) is 0 Å². The lowest BCUT2D eigenvalue weighted by Gasteiger charge is -2.36. The molecule has 0 radical (unpaired) electrons. The lowest BCUT2D eigenvalue weighted by molar-refractivity contribution is 0.0601. The maximum atomic E-state index is 12.0. The van der Waals surface area contributed by atoms with E-state index in [1.165, 1.54) is 12.7 Å².